The molecule has 1 N–H and O–H groups in total. The van der Waals surface area contributed by atoms with Gasteiger partial charge in [-0.1, -0.05) is 15.9 Å². The summed E-state index contributed by atoms with van der Waals surface area (Å²) >= 11 is 3.47. The van der Waals surface area contributed by atoms with Crippen molar-refractivity contribution in [3.8, 4) is 0 Å². The minimum Gasteiger partial charge on any atom is -0.371 e. The van der Waals surface area contributed by atoms with Gasteiger partial charge in [0.25, 0.3) is 0 Å². The highest BCUT2D eigenvalue weighted by Gasteiger charge is 2.28. The molecular weight excluding hydrogens is 264 g/mol. The van der Waals surface area contributed by atoms with Crippen LogP contribution in [0.1, 0.15) is 19.8 Å². The van der Waals surface area contributed by atoms with Crippen molar-refractivity contribution in [3.63, 3.8) is 0 Å². The average Bonchev–Trinajstić information content (AvgIpc) is 2.32. The van der Waals surface area contributed by atoms with Crippen molar-refractivity contribution in [1.29, 1.82) is 0 Å². The molecule has 2 nitrogen and oxygen atoms in total. The van der Waals surface area contributed by atoms with E-state index in [2.05, 4.69) is 64.4 Å². The Kier molecular flexibility index (Phi) is 3.55. The van der Waals surface area contributed by atoms with Crippen LogP contribution >= 0.6 is 15.9 Å². The highest BCUT2D eigenvalue weighted by molar-refractivity contribution is 9.10. The number of benzene rings is 1. The molecular formula is C13H19BrN2. The van der Waals surface area contributed by atoms with Crippen LogP contribution in [0, 0.1) is 0 Å². The topological polar surface area (TPSA) is 15.3 Å². The van der Waals surface area contributed by atoms with Crippen molar-refractivity contribution in [1.82, 2.24) is 5.32 Å². The third-order valence-corrected chi connectivity index (χ3v) is 4.19. The molecule has 16 heavy (non-hydrogen) atoms. The average molecular weight is 283 g/mol. The first-order valence-electron chi connectivity index (χ1n) is 5.82. The van der Waals surface area contributed by atoms with Crippen LogP contribution in [0.5, 0.6) is 0 Å². The standard InChI is InChI=1S/C13H19BrN2/c1-13(15-2)7-9-16(10-8-13)12-5-3-11(14)4-6-12/h3-6,15H,7-10H2,1-2H3. The molecule has 0 bridgehead atoms. The van der Waals surface area contributed by atoms with Gasteiger partial charge in [-0.3, -0.25) is 0 Å². The fourth-order valence-corrected chi connectivity index (χ4v) is 2.42. The zero-order valence-electron chi connectivity index (χ0n) is 9.96. The fourth-order valence-electron chi connectivity index (χ4n) is 2.16. The third-order valence-electron chi connectivity index (χ3n) is 3.66. The molecule has 0 atom stereocenters. The number of piperidine rings is 1. The molecule has 3 heteroatoms. The Bertz CT molecular complexity index is 339. The van der Waals surface area contributed by atoms with Gasteiger partial charge in [-0.25, -0.2) is 0 Å². The lowest BCUT2D eigenvalue weighted by Gasteiger charge is -2.40. The number of rotatable bonds is 2. The largest absolute Gasteiger partial charge is 0.371 e. The summed E-state index contributed by atoms with van der Waals surface area (Å²) in [6.45, 7) is 4.59. The highest BCUT2D eigenvalue weighted by Crippen LogP contribution is 2.26. The smallest absolute Gasteiger partial charge is 0.0366 e. The molecule has 1 aromatic carbocycles. The van der Waals surface area contributed by atoms with Gasteiger partial charge in [0.05, 0.1) is 0 Å². The SMILES string of the molecule is CNC1(C)CCN(c2ccc(Br)cc2)CC1. The van der Waals surface area contributed by atoms with Crippen LogP contribution in [-0.2, 0) is 0 Å². The lowest BCUT2D eigenvalue weighted by atomic mass is 9.90. The van der Waals surface area contributed by atoms with Crippen molar-refractivity contribution in [2.24, 2.45) is 0 Å². The maximum Gasteiger partial charge on any atom is 0.0366 e. The van der Waals surface area contributed by atoms with E-state index in [4.69, 9.17) is 0 Å². The lowest BCUT2D eigenvalue weighted by molar-refractivity contribution is 0.305. The van der Waals surface area contributed by atoms with E-state index in [9.17, 15) is 0 Å². The molecule has 0 unspecified atom stereocenters. The zero-order valence-corrected chi connectivity index (χ0v) is 11.5. The fraction of sp³-hybridized carbons (Fsp3) is 0.538. The molecule has 0 spiro atoms. The van der Waals surface area contributed by atoms with Gasteiger partial charge < -0.3 is 10.2 Å². The highest BCUT2D eigenvalue weighted by atomic mass is 79.9. The number of hydrogen-bond donors (Lipinski definition) is 1. The summed E-state index contributed by atoms with van der Waals surface area (Å²) in [4.78, 5) is 2.46. The second-order valence-electron chi connectivity index (χ2n) is 4.77. The van der Waals surface area contributed by atoms with Gasteiger partial charge in [0.2, 0.25) is 0 Å². The van der Waals surface area contributed by atoms with Gasteiger partial charge in [0, 0.05) is 28.8 Å². The molecule has 1 fully saturated rings. The predicted octanol–water partition coefficient (Wildman–Crippen LogP) is 3.03. The van der Waals surface area contributed by atoms with Crippen molar-refractivity contribution in [2.75, 3.05) is 25.0 Å². The van der Waals surface area contributed by atoms with Crippen molar-refractivity contribution in [3.05, 3.63) is 28.7 Å². The second-order valence-corrected chi connectivity index (χ2v) is 5.69. The van der Waals surface area contributed by atoms with E-state index in [1.807, 2.05) is 0 Å². The molecule has 0 saturated carbocycles. The molecule has 0 aliphatic carbocycles. The normalized spacial score (nSPS) is 19.8. The van der Waals surface area contributed by atoms with E-state index in [0.29, 0.717) is 5.54 Å². The Morgan fingerprint density at radius 2 is 1.75 bits per heavy atom. The van der Waals surface area contributed by atoms with Crippen LogP contribution in [0.3, 0.4) is 0 Å². The lowest BCUT2D eigenvalue weighted by Crippen LogP contribution is -2.50. The molecule has 0 radical (unpaired) electrons. The maximum absolute atomic E-state index is 3.47. The minimum atomic E-state index is 0.325. The summed E-state index contributed by atoms with van der Waals surface area (Å²) in [5.74, 6) is 0. The molecule has 1 saturated heterocycles. The molecule has 1 aliphatic heterocycles. The van der Waals surface area contributed by atoms with E-state index >= 15 is 0 Å². The number of nitrogens with one attached hydrogen (secondary N) is 1. The van der Waals surface area contributed by atoms with Gasteiger partial charge in [0.1, 0.15) is 0 Å². The van der Waals surface area contributed by atoms with Crippen LogP contribution in [0.4, 0.5) is 5.69 Å². The summed E-state index contributed by atoms with van der Waals surface area (Å²) in [6, 6.07) is 8.60. The number of hydrogen-bond acceptors (Lipinski definition) is 2. The predicted molar refractivity (Wildman–Crippen MR) is 73.1 cm³/mol. The quantitative estimate of drug-likeness (QED) is 0.897. The Hall–Kier alpha value is -0.540. The van der Waals surface area contributed by atoms with Crippen molar-refractivity contribution < 1.29 is 0 Å². The summed E-state index contributed by atoms with van der Waals surface area (Å²) in [7, 11) is 2.06. The van der Waals surface area contributed by atoms with Crippen molar-refractivity contribution in [2.45, 2.75) is 25.3 Å². The van der Waals surface area contributed by atoms with Gasteiger partial charge in [0.15, 0.2) is 0 Å². The van der Waals surface area contributed by atoms with Gasteiger partial charge in [-0.2, -0.15) is 0 Å². The third kappa shape index (κ3) is 2.58. The summed E-state index contributed by atoms with van der Waals surface area (Å²) in [5, 5.41) is 3.43. The van der Waals surface area contributed by atoms with Crippen LogP contribution in [0.2, 0.25) is 0 Å². The van der Waals surface area contributed by atoms with Gasteiger partial charge in [-0.15, -0.1) is 0 Å². The monoisotopic (exact) mass is 282 g/mol. The van der Waals surface area contributed by atoms with Crippen LogP contribution < -0.4 is 10.2 Å². The Balaban J connectivity index is 2.01. The van der Waals surface area contributed by atoms with Gasteiger partial charge in [-0.05, 0) is 51.1 Å². The van der Waals surface area contributed by atoms with E-state index in [1.54, 1.807) is 0 Å². The summed E-state index contributed by atoms with van der Waals surface area (Å²) in [5.41, 5.74) is 1.66. The first kappa shape index (κ1) is 11.9. The summed E-state index contributed by atoms with van der Waals surface area (Å²) in [6.07, 6.45) is 2.42. The van der Waals surface area contributed by atoms with E-state index in [0.717, 1.165) is 17.6 Å². The van der Waals surface area contributed by atoms with Crippen LogP contribution in [0.15, 0.2) is 28.7 Å². The first-order chi connectivity index (χ1) is 7.63. The Morgan fingerprint density at radius 1 is 1.19 bits per heavy atom. The Morgan fingerprint density at radius 3 is 2.25 bits per heavy atom. The molecule has 88 valence electrons. The zero-order chi connectivity index (χ0) is 11.6. The number of halogens is 1. The molecule has 0 amide bonds. The molecule has 2 rings (SSSR count). The molecule has 1 aromatic rings. The van der Waals surface area contributed by atoms with Crippen LogP contribution in [-0.4, -0.2) is 25.7 Å². The van der Waals surface area contributed by atoms with Crippen LogP contribution in [0.25, 0.3) is 0 Å². The molecule has 1 aliphatic rings. The number of anilines is 1. The van der Waals surface area contributed by atoms with Crippen molar-refractivity contribution >= 4 is 21.6 Å². The van der Waals surface area contributed by atoms with Gasteiger partial charge >= 0.3 is 0 Å². The van der Waals surface area contributed by atoms with E-state index in [-0.39, 0.29) is 0 Å². The summed E-state index contributed by atoms with van der Waals surface area (Å²) < 4.78 is 1.15. The molecule has 1 heterocycles. The first-order valence-corrected chi connectivity index (χ1v) is 6.62. The van der Waals surface area contributed by atoms with E-state index in [1.165, 1.54) is 18.5 Å². The van der Waals surface area contributed by atoms with E-state index < -0.39 is 0 Å². The molecule has 0 aromatic heterocycles. The second kappa shape index (κ2) is 4.76. The number of nitrogens with zero attached hydrogens (tertiary/aromatic N) is 1. The minimum absolute atomic E-state index is 0.325. The maximum atomic E-state index is 3.47. The Labute approximate surface area is 106 Å².